The molecule has 0 aliphatic heterocycles. The van der Waals surface area contributed by atoms with E-state index in [9.17, 15) is 10.2 Å². The summed E-state index contributed by atoms with van der Waals surface area (Å²) in [6.45, 7) is 1.84. The second kappa shape index (κ2) is 10.3. The molecule has 5 aromatic rings. The Morgan fingerprint density at radius 2 is 1.26 bits per heavy atom. The van der Waals surface area contributed by atoms with E-state index in [1.165, 1.54) is 12.1 Å². The average Bonchev–Trinajstić information content (AvgIpc) is 2.86. The van der Waals surface area contributed by atoms with Gasteiger partial charge in [-0.25, -0.2) is 15.0 Å². The van der Waals surface area contributed by atoms with Crippen LogP contribution in [0.3, 0.4) is 0 Å². The van der Waals surface area contributed by atoms with Crippen LogP contribution < -0.4 is 4.90 Å². The van der Waals surface area contributed by atoms with E-state index in [0.717, 1.165) is 11.5 Å². The van der Waals surface area contributed by atoms with E-state index in [0.29, 0.717) is 37.7 Å². The van der Waals surface area contributed by atoms with Crippen molar-refractivity contribution < 1.29 is 10.2 Å². The molecule has 35 heavy (non-hydrogen) atoms. The Hall–Kier alpha value is -3.03. The molecule has 5 rings (SSSR count). The van der Waals surface area contributed by atoms with Gasteiger partial charge >= 0.3 is 0 Å². The molecule has 0 unspecified atom stereocenters. The molecule has 0 aliphatic carbocycles. The van der Waals surface area contributed by atoms with E-state index in [4.69, 9.17) is 46.4 Å². The molecule has 0 amide bonds. The molecular weight excluding hydrogens is 530 g/mol. The van der Waals surface area contributed by atoms with Crippen molar-refractivity contribution in [3.05, 3.63) is 86.6 Å². The largest absolute Gasteiger partial charge is 0.504 e. The second-order valence-electron chi connectivity index (χ2n) is 7.54. The van der Waals surface area contributed by atoms with Gasteiger partial charge < -0.3 is 15.1 Å². The number of hydrogen-bond acceptors (Lipinski definition) is 6. The first kappa shape index (κ1) is 25.1. The maximum Gasteiger partial charge on any atom is 0.160 e. The van der Waals surface area contributed by atoms with Crippen LogP contribution in [-0.4, -0.2) is 32.2 Å². The zero-order valence-corrected chi connectivity index (χ0v) is 21.5. The van der Waals surface area contributed by atoms with E-state index < -0.39 is 0 Å². The standard InChI is InChI=1S/C15H11Cl2N3O.C10H7Cl2NO/c1-20(12-4-2-3-7-18-12)13-6-5-9-10(16)8-11(17)15(21)14(9)19-13;1-5-2-3-6-7(11)4-8(12)10(14)9(6)13-5/h2-8,21H,1H3;2-4,14H,1H3. The summed E-state index contributed by atoms with van der Waals surface area (Å²) < 4.78 is 0. The molecule has 0 bridgehead atoms. The van der Waals surface area contributed by atoms with E-state index in [1.54, 1.807) is 12.3 Å². The molecule has 0 aliphatic rings. The fourth-order valence-corrected chi connectivity index (χ4v) is 4.38. The Kier molecular flexibility index (Phi) is 7.38. The van der Waals surface area contributed by atoms with Gasteiger partial charge in [-0.1, -0.05) is 52.5 Å². The summed E-state index contributed by atoms with van der Waals surface area (Å²) in [6, 6.07) is 15.9. The summed E-state index contributed by atoms with van der Waals surface area (Å²) in [4.78, 5) is 14.7. The minimum Gasteiger partial charge on any atom is -0.504 e. The Bertz CT molecular complexity index is 1550. The van der Waals surface area contributed by atoms with Gasteiger partial charge in [-0.05, 0) is 55.5 Å². The lowest BCUT2D eigenvalue weighted by molar-refractivity contribution is 0.480. The quantitative estimate of drug-likeness (QED) is 0.233. The first-order valence-electron chi connectivity index (χ1n) is 10.2. The van der Waals surface area contributed by atoms with Crippen molar-refractivity contribution in [1.82, 2.24) is 15.0 Å². The predicted octanol–water partition coefficient (Wildman–Crippen LogP) is 7.97. The van der Waals surface area contributed by atoms with Gasteiger partial charge in [0.1, 0.15) is 22.7 Å². The number of phenolic OH excluding ortho intramolecular Hbond substituents is 2. The second-order valence-corrected chi connectivity index (χ2v) is 9.17. The molecule has 2 aromatic carbocycles. The number of hydrogen-bond donors (Lipinski definition) is 2. The number of aromatic hydroxyl groups is 2. The van der Waals surface area contributed by atoms with Crippen LogP contribution in [-0.2, 0) is 0 Å². The van der Waals surface area contributed by atoms with E-state index in [2.05, 4.69) is 15.0 Å². The highest BCUT2D eigenvalue weighted by Gasteiger charge is 2.14. The first-order valence-corrected chi connectivity index (χ1v) is 11.8. The Morgan fingerprint density at radius 3 is 1.83 bits per heavy atom. The molecule has 0 saturated heterocycles. The zero-order valence-electron chi connectivity index (χ0n) is 18.5. The molecule has 3 heterocycles. The van der Waals surface area contributed by atoms with Crippen LogP contribution in [0, 0.1) is 6.92 Å². The van der Waals surface area contributed by atoms with E-state index >= 15 is 0 Å². The highest BCUT2D eigenvalue weighted by atomic mass is 35.5. The Balaban J connectivity index is 0.000000179. The first-order chi connectivity index (χ1) is 16.7. The van der Waals surface area contributed by atoms with Gasteiger partial charge in [0.25, 0.3) is 0 Å². The van der Waals surface area contributed by atoms with Crippen molar-refractivity contribution in [3.63, 3.8) is 0 Å². The number of benzene rings is 2. The fourth-order valence-electron chi connectivity index (χ4n) is 3.35. The van der Waals surface area contributed by atoms with Crippen molar-refractivity contribution in [2.24, 2.45) is 0 Å². The molecule has 0 fully saturated rings. The third kappa shape index (κ3) is 5.16. The van der Waals surface area contributed by atoms with Crippen LogP contribution in [0.1, 0.15) is 5.69 Å². The number of nitrogens with zero attached hydrogens (tertiary/aromatic N) is 4. The number of phenols is 2. The van der Waals surface area contributed by atoms with Gasteiger partial charge in [-0.15, -0.1) is 0 Å². The molecule has 2 N–H and O–H groups in total. The smallest absolute Gasteiger partial charge is 0.160 e. The normalized spacial score (nSPS) is 10.8. The SMILES string of the molecule is CN(c1ccccn1)c1ccc2c(Cl)cc(Cl)c(O)c2n1.Cc1ccc2c(Cl)cc(Cl)c(O)c2n1. The number of pyridine rings is 3. The molecule has 0 radical (unpaired) electrons. The van der Waals surface area contributed by atoms with Gasteiger partial charge in [-0.3, -0.25) is 0 Å². The lowest BCUT2D eigenvalue weighted by atomic mass is 10.2. The van der Waals surface area contributed by atoms with Crippen molar-refractivity contribution >= 4 is 79.8 Å². The summed E-state index contributed by atoms with van der Waals surface area (Å²) >= 11 is 23.8. The van der Waals surface area contributed by atoms with Crippen LogP contribution in [0.5, 0.6) is 11.5 Å². The third-order valence-corrected chi connectivity index (χ3v) is 6.38. The highest BCUT2D eigenvalue weighted by Crippen LogP contribution is 2.38. The summed E-state index contributed by atoms with van der Waals surface area (Å²) in [5.74, 6) is 1.29. The molecule has 6 nitrogen and oxygen atoms in total. The monoisotopic (exact) mass is 546 g/mol. The fraction of sp³-hybridized carbons (Fsp3) is 0.0800. The summed E-state index contributed by atoms with van der Waals surface area (Å²) in [5, 5.41) is 22.4. The topological polar surface area (TPSA) is 82.4 Å². The predicted molar refractivity (Wildman–Crippen MR) is 144 cm³/mol. The van der Waals surface area contributed by atoms with E-state index in [1.807, 2.05) is 55.3 Å². The van der Waals surface area contributed by atoms with Gasteiger partial charge in [0.2, 0.25) is 0 Å². The molecule has 0 spiro atoms. The number of halogens is 4. The third-order valence-electron chi connectivity index (χ3n) is 5.17. The molecule has 3 aromatic heterocycles. The van der Waals surface area contributed by atoms with Crippen molar-refractivity contribution in [2.45, 2.75) is 6.92 Å². The average molecular weight is 548 g/mol. The Labute approximate surface area is 221 Å². The zero-order chi connectivity index (χ0) is 25.3. The van der Waals surface area contributed by atoms with E-state index in [-0.39, 0.29) is 21.5 Å². The Morgan fingerprint density at radius 1 is 0.686 bits per heavy atom. The molecule has 0 saturated carbocycles. The van der Waals surface area contributed by atoms with Gasteiger partial charge in [-0.2, -0.15) is 0 Å². The van der Waals surface area contributed by atoms with Crippen LogP contribution in [0.4, 0.5) is 11.6 Å². The minimum atomic E-state index is -0.0765. The van der Waals surface area contributed by atoms with Gasteiger partial charge in [0, 0.05) is 29.7 Å². The van der Waals surface area contributed by atoms with Crippen molar-refractivity contribution in [2.75, 3.05) is 11.9 Å². The maximum absolute atomic E-state index is 10.1. The number of rotatable bonds is 2. The summed E-state index contributed by atoms with van der Waals surface area (Å²) in [5.41, 5.74) is 1.63. The lowest BCUT2D eigenvalue weighted by Gasteiger charge is -2.17. The maximum atomic E-state index is 10.1. The highest BCUT2D eigenvalue weighted by molar-refractivity contribution is 6.40. The van der Waals surface area contributed by atoms with Crippen LogP contribution in [0.15, 0.2) is 60.8 Å². The number of aromatic nitrogens is 3. The molecule has 10 heteroatoms. The molecule has 0 atom stereocenters. The van der Waals surface area contributed by atoms with Crippen LogP contribution in [0.25, 0.3) is 21.8 Å². The molecular formula is C25H18Cl4N4O2. The van der Waals surface area contributed by atoms with Gasteiger partial charge in [0.05, 0.1) is 20.1 Å². The van der Waals surface area contributed by atoms with Crippen LogP contribution in [0.2, 0.25) is 20.1 Å². The van der Waals surface area contributed by atoms with Gasteiger partial charge in [0.15, 0.2) is 11.5 Å². The van der Waals surface area contributed by atoms with Crippen molar-refractivity contribution in [1.29, 1.82) is 0 Å². The van der Waals surface area contributed by atoms with Crippen LogP contribution >= 0.6 is 46.4 Å². The summed E-state index contributed by atoms with van der Waals surface area (Å²) in [6.07, 6.45) is 1.71. The number of aryl methyl sites for hydroxylation is 1. The summed E-state index contributed by atoms with van der Waals surface area (Å²) in [7, 11) is 1.85. The minimum absolute atomic E-state index is 0.0187. The lowest BCUT2D eigenvalue weighted by Crippen LogP contribution is -2.12. The number of fused-ring (bicyclic) bond motifs is 2. The number of anilines is 2. The molecule has 178 valence electrons. The van der Waals surface area contributed by atoms with Crippen molar-refractivity contribution in [3.8, 4) is 11.5 Å².